The second-order valence-electron chi connectivity index (χ2n) is 5.67. The van der Waals surface area contributed by atoms with Crippen LogP contribution in [-0.4, -0.2) is 32.8 Å². The zero-order valence-electron chi connectivity index (χ0n) is 13.6. The van der Waals surface area contributed by atoms with Gasteiger partial charge in [0.25, 0.3) is 0 Å². The lowest BCUT2D eigenvalue weighted by Gasteiger charge is -2.23. The van der Waals surface area contributed by atoms with Gasteiger partial charge in [-0.2, -0.15) is 0 Å². The molecule has 0 aromatic heterocycles. The van der Waals surface area contributed by atoms with Crippen molar-refractivity contribution in [1.29, 1.82) is 0 Å². The Bertz CT molecular complexity index is 497. The number of nitrogens with one attached hydrogen (secondary N) is 1. The van der Waals surface area contributed by atoms with E-state index in [1.54, 1.807) is 14.2 Å². The van der Waals surface area contributed by atoms with Gasteiger partial charge in [0.15, 0.2) is 5.96 Å². The van der Waals surface area contributed by atoms with Gasteiger partial charge in [-0.05, 0) is 43.0 Å². The zero-order chi connectivity index (χ0) is 15.8. The van der Waals surface area contributed by atoms with Crippen molar-refractivity contribution >= 4 is 5.96 Å². The quantitative estimate of drug-likeness (QED) is 0.626. The maximum atomic E-state index is 5.98. The molecule has 0 atom stereocenters. The van der Waals surface area contributed by atoms with Gasteiger partial charge in [-0.25, -0.2) is 0 Å². The molecule has 0 unspecified atom stereocenters. The standard InChI is InChI=1S/C17H27N3O2/c1-21-15-8-9-16(22-2)13(12-15)10-11-19-17(18)20-14-6-4-3-5-7-14/h8-9,12,14H,3-7,10-11H2,1-2H3,(H3,18,19,20). The van der Waals surface area contributed by atoms with E-state index < -0.39 is 0 Å². The van der Waals surface area contributed by atoms with E-state index in [0.29, 0.717) is 18.5 Å². The minimum absolute atomic E-state index is 0.490. The summed E-state index contributed by atoms with van der Waals surface area (Å²) in [5.74, 6) is 2.23. The third-order valence-corrected chi connectivity index (χ3v) is 4.11. The Labute approximate surface area is 132 Å². The van der Waals surface area contributed by atoms with Crippen molar-refractivity contribution in [2.24, 2.45) is 10.7 Å². The summed E-state index contributed by atoms with van der Waals surface area (Å²) in [6.45, 7) is 0.634. The van der Waals surface area contributed by atoms with Gasteiger partial charge in [0, 0.05) is 12.6 Å². The van der Waals surface area contributed by atoms with Crippen LogP contribution in [-0.2, 0) is 6.42 Å². The molecule has 22 heavy (non-hydrogen) atoms. The van der Waals surface area contributed by atoms with Crippen LogP contribution >= 0.6 is 0 Å². The van der Waals surface area contributed by atoms with Crippen LogP contribution in [0.1, 0.15) is 37.7 Å². The highest BCUT2D eigenvalue weighted by Gasteiger charge is 2.13. The number of rotatable bonds is 6. The number of ether oxygens (including phenoxy) is 2. The second kappa shape index (κ2) is 8.51. The Hall–Kier alpha value is -1.91. The van der Waals surface area contributed by atoms with E-state index in [-0.39, 0.29) is 0 Å². The molecule has 5 heteroatoms. The number of benzene rings is 1. The van der Waals surface area contributed by atoms with Crippen molar-refractivity contribution in [3.63, 3.8) is 0 Å². The predicted molar refractivity (Wildman–Crippen MR) is 89.7 cm³/mol. The first-order chi connectivity index (χ1) is 10.7. The molecule has 1 aromatic rings. The molecule has 5 nitrogen and oxygen atoms in total. The van der Waals surface area contributed by atoms with Gasteiger partial charge in [-0.3, -0.25) is 4.99 Å². The number of nitrogens with two attached hydrogens (primary N) is 1. The van der Waals surface area contributed by atoms with Crippen molar-refractivity contribution in [2.75, 3.05) is 20.8 Å². The molecule has 0 heterocycles. The van der Waals surface area contributed by atoms with E-state index in [2.05, 4.69) is 10.3 Å². The van der Waals surface area contributed by atoms with Crippen molar-refractivity contribution in [1.82, 2.24) is 5.32 Å². The Balaban J connectivity index is 1.87. The summed E-state index contributed by atoms with van der Waals surface area (Å²) in [5.41, 5.74) is 7.06. The first kappa shape index (κ1) is 16.5. The minimum atomic E-state index is 0.490. The third kappa shape index (κ3) is 4.83. The largest absolute Gasteiger partial charge is 0.497 e. The van der Waals surface area contributed by atoms with Crippen molar-refractivity contribution in [3.8, 4) is 11.5 Å². The first-order valence-electron chi connectivity index (χ1n) is 8.00. The second-order valence-corrected chi connectivity index (χ2v) is 5.67. The summed E-state index contributed by atoms with van der Waals surface area (Å²) >= 11 is 0. The molecule has 3 N–H and O–H groups in total. The molecule has 2 rings (SSSR count). The van der Waals surface area contributed by atoms with Crippen molar-refractivity contribution < 1.29 is 9.47 Å². The number of guanidine groups is 1. The Morgan fingerprint density at radius 3 is 2.68 bits per heavy atom. The fourth-order valence-electron chi connectivity index (χ4n) is 2.88. The van der Waals surface area contributed by atoms with Crippen LogP contribution in [0.3, 0.4) is 0 Å². The molecule has 1 aliphatic carbocycles. The fraction of sp³-hybridized carbons (Fsp3) is 0.588. The highest BCUT2D eigenvalue weighted by Crippen LogP contribution is 2.24. The van der Waals surface area contributed by atoms with Crippen LogP contribution in [0.15, 0.2) is 23.2 Å². The lowest BCUT2D eigenvalue weighted by atomic mass is 9.96. The Morgan fingerprint density at radius 1 is 1.23 bits per heavy atom. The lowest BCUT2D eigenvalue weighted by Crippen LogP contribution is -2.41. The van der Waals surface area contributed by atoms with Gasteiger partial charge in [0.2, 0.25) is 0 Å². The molecule has 0 bridgehead atoms. The molecule has 0 saturated heterocycles. The molecule has 1 aliphatic rings. The molecule has 0 amide bonds. The minimum Gasteiger partial charge on any atom is -0.497 e. The summed E-state index contributed by atoms with van der Waals surface area (Å²) in [6.07, 6.45) is 7.07. The van der Waals surface area contributed by atoms with Crippen molar-refractivity contribution in [3.05, 3.63) is 23.8 Å². The summed E-state index contributed by atoms with van der Waals surface area (Å²) in [7, 11) is 3.34. The number of hydrogen-bond acceptors (Lipinski definition) is 3. The summed E-state index contributed by atoms with van der Waals surface area (Å²) in [6, 6.07) is 6.29. The summed E-state index contributed by atoms with van der Waals surface area (Å²) in [4.78, 5) is 4.43. The molecular formula is C17H27N3O2. The van der Waals surface area contributed by atoms with Crippen LogP contribution in [0.25, 0.3) is 0 Å². The van der Waals surface area contributed by atoms with Crippen LogP contribution < -0.4 is 20.5 Å². The summed E-state index contributed by atoms with van der Waals surface area (Å²) in [5, 5.41) is 3.33. The monoisotopic (exact) mass is 305 g/mol. The smallest absolute Gasteiger partial charge is 0.188 e. The molecule has 1 fully saturated rings. The average Bonchev–Trinajstić information content (AvgIpc) is 2.55. The van der Waals surface area contributed by atoms with Gasteiger partial charge in [-0.1, -0.05) is 19.3 Å². The highest BCUT2D eigenvalue weighted by atomic mass is 16.5. The highest BCUT2D eigenvalue weighted by molar-refractivity contribution is 5.78. The van der Waals surface area contributed by atoms with Gasteiger partial charge >= 0.3 is 0 Å². The zero-order valence-corrected chi connectivity index (χ0v) is 13.6. The molecule has 1 saturated carbocycles. The number of nitrogens with zero attached hydrogens (tertiary/aromatic N) is 1. The van der Waals surface area contributed by atoms with Gasteiger partial charge in [0.05, 0.1) is 14.2 Å². The van der Waals surface area contributed by atoms with Crippen LogP contribution in [0.5, 0.6) is 11.5 Å². The maximum Gasteiger partial charge on any atom is 0.188 e. The normalized spacial score (nSPS) is 16.4. The fourth-order valence-corrected chi connectivity index (χ4v) is 2.88. The maximum absolute atomic E-state index is 5.98. The van der Waals surface area contributed by atoms with Gasteiger partial charge in [-0.15, -0.1) is 0 Å². The Kier molecular flexibility index (Phi) is 6.37. The van der Waals surface area contributed by atoms with E-state index in [1.165, 1.54) is 32.1 Å². The molecule has 0 radical (unpaired) electrons. The number of aliphatic imine (C=N–C) groups is 1. The third-order valence-electron chi connectivity index (χ3n) is 4.11. The topological polar surface area (TPSA) is 68.9 Å². The van der Waals surface area contributed by atoms with E-state index in [1.807, 2.05) is 18.2 Å². The number of hydrogen-bond donors (Lipinski definition) is 2. The van der Waals surface area contributed by atoms with Crippen LogP contribution in [0, 0.1) is 0 Å². The van der Waals surface area contributed by atoms with E-state index in [4.69, 9.17) is 15.2 Å². The van der Waals surface area contributed by atoms with Crippen LogP contribution in [0.4, 0.5) is 0 Å². The van der Waals surface area contributed by atoms with E-state index in [0.717, 1.165) is 23.5 Å². The SMILES string of the molecule is COc1ccc(OC)c(CCN=C(N)NC2CCCCC2)c1. The summed E-state index contributed by atoms with van der Waals surface area (Å²) < 4.78 is 10.6. The van der Waals surface area contributed by atoms with E-state index >= 15 is 0 Å². The number of methoxy groups -OCH3 is 2. The van der Waals surface area contributed by atoms with Gasteiger partial charge < -0.3 is 20.5 Å². The van der Waals surface area contributed by atoms with Crippen molar-refractivity contribution in [2.45, 2.75) is 44.6 Å². The first-order valence-corrected chi connectivity index (χ1v) is 8.00. The van der Waals surface area contributed by atoms with Crippen LogP contribution in [0.2, 0.25) is 0 Å². The van der Waals surface area contributed by atoms with Gasteiger partial charge in [0.1, 0.15) is 11.5 Å². The van der Waals surface area contributed by atoms with E-state index in [9.17, 15) is 0 Å². The Morgan fingerprint density at radius 2 is 2.00 bits per heavy atom. The lowest BCUT2D eigenvalue weighted by molar-refractivity contribution is 0.398. The predicted octanol–water partition coefficient (Wildman–Crippen LogP) is 2.48. The molecule has 1 aromatic carbocycles. The molecule has 0 aliphatic heterocycles. The molecule has 122 valence electrons. The molecular weight excluding hydrogens is 278 g/mol. The molecule has 0 spiro atoms. The average molecular weight is 305 g/mol.